The summed E-state index contributed by atoms with van der Waals surface area (Å²) in [6.07, 6.45) is -0.714. The molecular weight excluding hydrogens is 482 g/mol. The van der Waals surface area contributed by atoms with E-state index in [1.165, 1.54) is 18.3 Å². The Morgan fingerprint density at radius 2 is 1.70 bits per heavy atom. The molecule has 1 aliphatic rings. The zero-order chi connectivity index (χ0) is 26.2. The van der Waals surface area contributed by atoms with Gasteiger partial charge in [0.1, 0.15) is 12.4 Å². The number of halogens is 2. The first-order valence-corrected chi connectivity index (χ1v) is 11.0. The van der Waals surface area contributed by atoms with E-state index in [0.29, 0.717) is 39.3 Å². The van der Waals surface area contributed by atoms with Gasteiger partial charge in [-0.2, -0.15) is 10.5 Å². The Bertz CT molecular complexity index is 1570. The summed E-state index contributed by atoms with van der Waals surface area (Å²) in [6, 6.07) is 19.5. The normalized spacial score (nSPS) is 14.9. The topological polar surface area (TPSA) is 113 Å². The fourth-order valence-corrected chi connectivity index (χ4v) is 4.13. The highest BCUT2D eigenvalue weighted by molar-refractivity contribution is 5.74. The molecule has 1 aromatic heterocycles. The predicted molar refractivity (Wildman–Crippen MR) is 126 cm³/mol. The second-order valence-corrected chi connectivity index (χ2v) is 8.38. The van der Waals surface area contributed by atoms with E-state index in [9.17, 15) is 19.1 Å². The molecule has 3 aromatic carbocycles. The van der Waals surface area contributed by atoms with Crippen molar-refractivity contribution in [2.24, 2.45) is 7.05 Å². The number of hydrogen-bond donors (Lipinski definition) is 1. The molecule has 5 rings (SSSR count). The van der Waals surface area contributed by atoms with E-state index in [-0.39, 0.29) is 18.1 Å². The van der Waals surface area contributed by atoms with Crippen molar-refractivity contribution in [2.75, 3.05) is 6.61 Å². The van der Waals surface area contributed by atoms with Gasteiger partial charge in [-0.15, -0.1) is 8.78 Å². The van der Waals surface area contributed by atoms with Crippen LogP contribution in [-0.2, 0) is 12.6 Å². The van der Waals surface area contributed by atoms with E-state index in [4.69, 9.17) is 10.00 Å². The van der Waals surface area contributed by atoms with E-state index in [2.05, 4.69) is 14.5 Å². The van der Waals surface area contributed by atoms with Gasteiger partial charge in [-0.3, -0.25) is 0 Å². The minimum absolute atomic E-state index is 0.112. The van der Waals surface area contributed by atoms with Gasteiger partial charge in [0.2, 0.25) is 0 Å². The lowest BCUT2D eigenvalue weighted by atomic mass is 9.90. The molecule has 0 fully saturated rings. The van der Waals surface area contributed by atoms with Crippen molar-refractivity contribution in [1.29, 1.82) is 10.5 Å². The van der Waals surface area contributed by atoms with E-state index in [1.54, 1.807) is 66.5 Å². The van der Waals surface area contributed by atoms with Gasteiger partial charge in [-0.1, -0.05) is 18.2 Å². The van der Waals surface area contributed by atoms with Crippen molar-refractivity contribution in [1.82, 2.24) is 9.55 Å². The number of ether oxygens (including phenoxy) is 3. The first-order chi connectivity index (χ1) is 17.7. The van der Waals surface area contributed by atoms with Gasteiger partial charge in [0, 0.05) is 12.6 Å². The van der Waals surface area contributed by atoms with Gasteiger partial charge in [0.25, 0.3) is 0 Å². The molecule has 37 heavy (non-hydrogen) atoms. The van der Waals surface area contributed by atoms with Crippen LogP contribution in [0.15, 0.2) is 73.2 Å². The summed E-state index contributed by atoms with van der Waals surface area (Å²) in [5.41, 5.74) is 0.858. The Hall–Kier alpha value is -4.93. The SMILES string of the molecule is Cn1cncc1C(O)(COc1ccc(C#N)cc1-c1ccc2c(c1)OC(F)(F)O2)c1ccc(C#N)cc1. The molecule has 1 aliphatic heterocycles. The number of benzene rings is 3. The van der Waals surface area contributed by atoms with Crippen LogP contribution in [0.4, 0.5) is 8.78 Å². The number of fused-ring (bicyclic) bond motifs is 1. The molecular formula is C27H18F2N4O4. The Kier molecular flexibility index (Phi) is 5.75. The molecule has 0 radical (unpaired) electrons. The molecule has 1 atom stereocenters. The van der Waals surface area contributed by atoms with Gasteiger partial charge in [-0.05, 0) is 53.6 Å². The van der Waals surface area contributed by atoms with Crippen LogP contribution in [0.3, 0.4) is 0 Å². The number of rotatable bonds is 6. The van der Waals surface area contributed by atoms with Crippen LogP contribution >= 0.6 is 0 Å². The number of nitrogens with zero attached hydrogens (tertiary/aromatic N) is 4. The lowest BCUT2D eigenvalue weighted by Crippen LogP contribution is -2.36. The molecule has 0 saturated heterocycles. The maximum atomic E-state index is 13.5. The van der Waals surface area contributed by atoms with E-state index < -0.39 is 11.9 Å². The van der Waals surface area contributed by atoms with Crippen LogP contribution in [-0.4, -0.2) is 27.6 Å². The Labute approximate surface area is 210 Å². The first-order valence-electron chi connectivity index (χ1n) is 11.0. The third-order valence-corrected chi connectivity index (χ3v) is 5.99. The highest BCUT2D eigenvalue weighted by atomic mass is 19.3. The maximum Gasteiger partial charge on any atom is 0.586 e. The third kappa shape index (κ3) is 4.42. The van der Waals surface area contributed by atoms with Crippen molar-refractivity contribution in [3.8, 4) is 40.5 Å². The quantitative estimate of drug-likeness (QED) is 0.416. The Morgan fingerprint density at radius 1 is 1.00 bits per heavy atom. The largest absolute Gasteiger partial charge is 0.586 e. The highest BCUT2D eigenvalue weighted by Crippen LogP contribution is 2.44. The highest BCUT2D eigenvalue weighted by Gasteiger charge is 2.43. The van der Waals surface area contributed by atoms with Gasteiger partial charge in [0.15, 0.2) is 17.1 Å². The van der Waals surface area contributed by atoms with Crippen molar-refractivity contribution < 1.29 is 28.1 Å². The maximum absolute atomic E-state index is 13.5. The van der Waals surface area contributed by atoms with Crippen molar-refractivity contribution in [3.05, 3.63) is 95.6 Å². The standard InChI is InChI=1S/C27H18F2N4O4/c1-33-16-32-14-25(33)26(34,20-6-2-17(12-30)3-7-20)15-35-22-8-4-18(13-31)10-21(22)19-5-9-23-24(11-19)37-27(28,29)36-23/h2-11,14,16,34H,15H2,1H3. The molecule has 8 nitrogen and oxygen atoms in total. The summed E-state index contributed by atoms with van der Waals surface area (Å²) < 4.78 is 43.9. The molecule has 10 heteroatoms. The van der Waals surface area contributed by atoms with Crippen molar-refractivity contribution in [3.63, 3.8) is 0 Å². The Morgan fingerprint density at radius 3 is 2.38 bits per heavy atom. The van der Waals surface area contributed by atoms with E-state index in [0.717, 1.165) is 0 Å². The minimum Gasteiger partial charge on any atom is -0.489 e. The summed E-state index contributed by atoms with van der Waals surface area (Å²) >= 11 is 0. The number of aliphatic hydroxyl groups is 1. The molecule has 0 aliphatic carbocycles. The van der Waals surface area contributed by atoms with Crippen molar-refractivity contribution >= 4 is 0 Å². The van der Waals surface area contributed by atoms with Crippen molar-refractivity contribution in [2.45, 2.75) is 11.9 Å². The molecule has 0 amide bonds. The summed E-state index contributed by atoms with van der Waals surface area (Å²) in [6.45, 7) is -0.264. The number of aromatic nitrogens is 2. The molecule has 0 bridgehead atoms. The second kappa shape index (κ2) is 8.94. The number of alkyl halides is 2. The van der Waals surface area contributed by atoms with Crippen LogP contribution in [0.5, 0.6) is 17.2 Å². The van der Waals surface area contributed by atoms with Crippen LogP contribution in [0.2, 0.25) is 0 Å². The zero-order valence-electron chi connectivity index (χ0n) is 19.4. The van der Waals surface area contributed by atoms with Gasteiger partial charge in [-0.25, -0.2) is 4.98 Å². The summed E-state index contributed by atoms with van der Waals surface area (Å²) in [7, 11) is 1.73. The third-order valence-electron chi connectivity index (χ3n) is 5.99. The fraction of sp³-hybridized carbons (Fsp3) is 0.148. The van der Waals surface area contributed by atoms with Crippen LogP contribution in [0.25, 0.3) is 11.1 Å². The average Bonchev–Trinajstić information content (AvgIpc) is 3.47. The summed E-state index contributed by atoms with van der Waals surface area (Å²) in [5, 5.41) is 30.4. The zero-order valence-corrected chi connectivity index (χ0v) is 19.4. The molecule has 0 spiro atoms. The lowest BCUT2D eigenvalue weighted by Gasteiger charge is -2.29. The summed E-state index contributed by atoms with van der Waals surface area (Å²) in [5.74, 6) is 0.0256. The number of hydrogen-bond acceptors (Lipinski definition) is 7. The Balaban J connectivity index is 1.53. The first kappa shape index (κ1) is 23.8. The molecule has 184 valence electrons. The lowest BCUT2D eigenvalue weighted by molar-refractivity contribution is -0.286. The van der Waals surface area contributed by atoms with E-state index in [1.807, 2.05) is 12.1 Å². The monoisotopic (exact) mass is 500 g/mol. The number of aryl methyl sites for hydroxylation is 1. The van der Waals surface area contributed by atoms with E-state index >= 15 is 0 Å². The van der Waals surface area contributed by atoms with Gasteiger partial charge in [0.05, 0.1) is 41.5 Å². The second-order valence-electron chi connectivity index (χ2n) is 8.38. The molecule has 0 saturated carbocycles. The smallest absolute Gasteiger partial charge is 0.489 e. The molecule has 2 heterocycles. The van der Waals surface area contributed by atoms with Crippen LogP contribution < -0.4 is 14.2 Å². The summed E-state index contributed by atoms with van der Waals surface area (Å²) in [4.78, 5) is 4.11. The number of nitriles is 2. The van der Waals surface area contributed by atoms with Gasteiger partial charge >= 0.3 is 6.29 Å². The number of imidazole rings is 1. The molecule has 1 unspecified atom stereocenters. The molecule has 1 N–H and O–H groups in total. The predicted octanol–water partition coefficient (Wildman–Crippen LogP) is 4.47. The van der Waals surface area contributed by atoms with Crippen LogP contribution in [0, 0.1) is 22.7 Å². The van der Waals surface area contributed by atoms with Gasteiger partial charge < -0.3 is 23.9 Å². The fourth-order valence-electron chi connectivity index (χ4n) is 4.13. The minimum atomic E-state index is -3.77. The molecule has 4 aromatic rings. The van der Waals surface area contributed by atoms with Crippen LogP contribution in [0.1, 0.15) is 22.4 Å². The average molecular weight is 500 g/mol.